The first kappa shape index (κ1) is 33.2. The Morgan fingerprint density at radius 1 is 0.304 bits per heavy atom. The highest BCUT2D eigenvalue weighted by Crippen LogP contribution is 2.45. The van der Waals surface area contributed by atoms with Gasteiger partial charge in [-0.3, -0.25) is 0 Å². The molecular formula is C54H38N2. The van der Waals surface area contributed by atoms with Gasteiger partial charge in [0.15, 0.2) is 0 Å². The minimum absolute atomic E-state index is 0.987. The van der Waals surface area contributed by atoms with Gasteiger partial charge < -0.3 is 9.13 Å². The Labute approximate surface area is 326 Å². The Kier molecular flexibility index (Phi) is 7.79. The van der Waals surface area contributed by atoms with Crippen LogP contribution in [0, 0.1) is 0 Å². The maximum atomic E-state index is 4.27. The SMILES string of the molecule is C=CC1=C(\C=C)c2ccccc2-c2cc(-n3c4ccccc4c4cc(-c5ccc6c(c5)c5ccccc5n6-c5ccccc5)ccc43)ccc2/C(C=C)=C\1C=C. The van der Waals surface area contributed by atoms with Gasteiger partial charge in [-0.15, -0.1) is 0 Å². The summed E-state index contributed by atoms with van der Waals surface area (Å²) in [7, 11) is 0. The van der Waals surface area contributed by atoms with Gasteiger partial charge in [0.2, 0.25) is 0 Å². The minimum Gasteiger partial charge on any atom is -0.309 e. The van der Waals surface area contributed by atoms with E-state index < -0.39 is 0 Å². The predicted molar refractivity (Wildman–Crippen MR) is 241 cm³/mol. The average Bonchev–Trinajstić information content (AvgIpc) is 3.77. The third kappa shape index (κ3) is 4.90. The van der Waals surface area contributed by atoms with E-state index in [9.17, 15) is 0 Å². The van der Waals surface area contributed by atoms with Crippen molar-refractivity contribution in [3.8, 4) is 33.6 Å². The third-order valence-electron chi connectivity index (χ3n) is 11.4. The summed E-state index contributed by atoms with van der Waals surface area (Å²) in [6.45, 7) is 16.9. The van der Waals surface area contributed by atoms with E-state index in [1.54, 1.807) is 0 Å². The molecule has 0 saturated carbocycles. The molecule has 0 spiro atoms. The molecule has 56 heavy (non-hydrogen) atoms. The normalized spacial score (nSPS) is 15.4. The van der Waals surface area contributed by atoms with E-state index in [-0.39, 0.29) is 0 Å². The molecule has 0 bridgehead atoms. The Hall–Kier alpha value is -7.42. The molecule has 2 heterocycles. The van der Waals surface area contributed by atoms with E-state index in [4.69, 9.17) is 0 Å². The summed E-state index contributed by atoms with van der Waals surface area (Å²) in [6, 6.07) is 57.2. The largest absolute Gasteiger partial charge is 0.309 e. The summed E-state index contributed by atoms with van der Waals surface area (Å²) in [4.78, 5) is 0. The first-order valence-corrected chi connectivity index (χ1v) is 19.0. The Balaban J connectivity index is 1.17. The molecule has 2 aromatic heterocycles. The summed E-state index contributed by atoms with van der Waals surface area (Å²) in [5.41, 5.74) is 17.8. The number of fused-ring (bicyclic) bond motifs is 9. The molecule has 264 valence electrons. The molecule has 0 unspecified atom stereocenters. The second-order valence-corrected chi connectivity index (χ2v) is 14.3. The number of hydrogen-bond donors (Lipinski definition) is 0. The van der Waals surface area contributed by atoms with Crippen molar-refractivity contribution in [2.24, 2.45) is 0 Å². The summed E-state index contributed by atoms with van der Waals surface area (Å²) in [5.74, 6) is 0. The van der Waals surface area contributed by atoms with Crippen molar-refractivity contribution in [3.63, 3.8) is 0 Å². The molecule has 0 radical (unpaired) electrons. The molecule has 0 N–H and O–H groups in total. The van der Waals surface area contributed by atoms with Crippen LogP contribution in [0.15, 0.2) is 219 Å². The van der Waals surface area contributed by atoms with Gasteiger partial charge >= 0.3 is 0 Å². The smallest absolute Gasteiger partial charge is 0.0541 e. The standard InChI is InChI=1S/C54H38N2/c1-5-39-40(6-2)42(8-4)45-29-28-38(34-48(45)44-21-13-12-20-43(44)41(39)7-3)56-52-25-17-15-23-47(52)50-33-36(27-31-54(50)56)35-26-30-53-49(32-35)46-22-14-16-24-51(46)55(53)37-18-10-9-11-19-37/h5-34H,1-4H2/b40-39?,41-39-,42-40-,43-41?,45-42?,48-44?. The molecule has 0 atom stereocenters. The van der Waals surface area contributed by atoms with E-state index in [1.165, 1.54) is 43.7 Å². The quantitative estimate of drug-likeness (QED) is 0.156. The van der Waals surface area contributed by atoms with Gasteiger partial charge in [0.25, 0.3) is 0 Å². The van der Waals surface area contributed by atoms with Gasteiger partial charge in [0.05, 0.1) is 22.1 Å². The number of para-hydroxylation sites is 3. The number of aromatic nitrogens is 2. The molecule has 1 aliphatic carbocycles. The Morgan fingerprint density at radius 3 is 1.30 bits per heavy atom. The molecule has 0 fully saturated rings. The fourth-order valence-corrected chi connectivity index (χ4v) is 8.98. The van der Waals surface area contributed by atoms with E-state index in [2.05, 4.69) is 193 Å². The second-order valence-electron chi connectivity index (χ2n) is 14.3. The van der Waals surface area contributed by atoms with Crippen LogP contribution in [0.1, 0.15) is 11.1 Å². The van der Waals surface area contributed by atoms with Crippen molar-refractivity contribution < 1.29 is 0 Å². The average molecular weight is 715 g/mol. The van der Waals surface area contributed by atoms with E-state index >= 15 is 0 Å². The third-order valence-corrected chi connectivity index (χ3v) is 11.4. The monoisotopic (exact) mass is 714 g/mol. The Morgan fingerprint density at radius 2 is 0.750 bits per heavy atom. The number of hydrogen-bond acceptors (Lipinski definition) is 0. The Bertz CT molecular complexity index is 3190. The van der Waals surface area contributed by atoms with Crippen molar-refractivity contribution in [3.05, 3.63) is 231 Å². The van der Waals surface area contributed by atoms with Crippen LogP contribution >= 0.6 is 0 Å². The molecule has 10 rings (SSSR count). The van der Waals surface area contributed by atoms with E-state index in [0.29, 0.717) is 0 Å². The van der Waals surface area contributed by atoms with Crippen molar-refractivity contribution in [1.82, 2.24) is 9.13 Å². The zero-order chi connectivity index (χ0) is 37.9. The maximum absolute atomic E-state index is 4.27. The van der Waals surface area contributed by atoms with Gasteiger partial charge in [-0.05, 0) is 116 Å². The first-order chi connectivity index (χ1) is 27.6. The molecule has 0 saturated heterocycles. The number of nitrogens with zero attached hydrogens (tertiary/aromatic N) is 2. The molecule has 7 aromatic carbocycles. The highest BCUT2D eigenvalue weighted by molar-refractivity contribution is 6.13. The first-order valence-electron chi connectivity index (χ1n) is 19.0. The van der Waals surface area contributed by atoms with Crippen molar-refractivity contribution in [2.45, 2.75) is 0 Å². The van der Waals surface area contributed by atoms with Gasteiger partial charge in [-0.2, -0.15) is 0 Å². The summed E-state index contributed by atoms with van der Waals surface area (Å²) >= 11 is 0. The zero-order valence-corrected chi connectivity index (χ0v) is 31.0. The zero-order valence-electron chi connectivity index (χ0n) is 31.0. The van der Waals surface area contributed by atoms with Gasteiger partial charge in [-0.25, -0.2) is 0 Å². The molecule has 9 aromatic rings. The molecule has 2 heteroatoms. The highest BCUT2D eigenvalue weighted by atomic mass is 15.0. The van der Waals surface area contributed by atoms with Gasteiger partial charge in [0, 0.05) is 32.9 Å². The lowest BCUT2D eigenvalue weighted by molar-refractivity contribution is 1.18. The molecule has 1 aliphatic rings. The van der Waals surface area contributed by atoms with Crippen LogP contribution in [-0.2, 0) is 0 Å². The van der Waals surface area contributed by atoms with Crippen LogP contribution < -0.4 is 0 Å². The minimum atomic E-state index is 0.987. The molecule has 0 amide bonds. The fraction of sp³-hybridized carbons (Fsp3) is 0. The van der Waals surface area contributed by atoms with E-state index in [1.807, 2.05) is 24.3 Å². The summed E-state index contributed by atoms with van der Waals surface area (Å²) in [6.07, 6.45) is 7.68. The van der Waals surface area contributed by atoms with Crippen LogP contribution in [-0.4, -0.2) is 9.13 Å². The van der Waals surface area contributed by atoms with Crippen LogP contribution in [0.3, 0.4) is 0 Å². The second kappa shape index (κ2) is 13.2. The number of rotatable bonds is 7. The predicted octanol–water partition coefficient (Wildman–Crippen LogP) is 14.5. The lowest BCUT2D eigenvalue weighted by Crippen LogP contribution is -2.03. The fourth-order valence-electron chi connectivity index (χ4n) is 8.98. The number of allylic oxidation sites excluding steroid dienone is 8. The maximum Gasteiger partial charge on any atom is 0.0541 e. The number of benzene rings is 7. The highest BCUT2D eigenvalue weighted by Gasteiger charge is 2.23. The lowest BCUT2D eigenvalue weighted by atomic mass is 9.80. The summed E-state index contributed by atoms with van der Waals surface area (Å²) in [5, 5.41) is 4.92. The lowest BCUT2D eigenvalue weighted by Gasteiger charge is -2.24. The van der Waals surface area contributed by atoms with E-state index in [0.717, 1.165) is 67.0 Å². The van der Waals surface area contributed by atoms with Crippen molar-refractivity contribution in [2.75, 3.05) is 0 Å². The van der Waals surface area contributed by atoms with Crippen LogP contribution in [0.4, 0.5) is 0 Å². The van der Waals surface area contributed by atoms with Crippen LogP contribution in [0.25, 0.3) is 88.4 Å². The molecule has 0 aliphatic heterocycles. The van der Waals surface area contributed by atoms with Crippen molar-refractivity contribution in [1.29, 1.82) is 0 Å². The van der Waals surface area contributed by atoms with Crippen molar-refractivity contribution >= 4 is 54.8 Å². The van der Waals surface area contributed by atoms with Gasteiger partial charge in [-0.1, -0.05) is 148 Å². The van der Waals surface area contributed by atoms with Crippen LogP contribution in [0.2, 0.25) is 0 Å². The van der Waals surface area contributed by atoms with Crippen LogP contribution in [0.5, 0.6) is 0 Å². The molecule has 2 nitrogen and oxygen atoms in total. The summed E-state index contributed by atoms with van der Waals surface area (Å²) < 4.78 is 4.77. The van der Waals surface area contributed by atoms with Gasteiger partial charge in [0.1, 0.15) is 0 Å². The molecular weight excluding hydrogens is 677 g/mol. The topological polar surface area (TPSA) is 9.86 Å².